The number of carbonyl (C=O) groups is 1. The Morgan fingerprint density at radius 1 is 1.53 bits per heavy atom. The molecule has 1 heterocycles. The molecule has 0 aliphatic rings. The number of carboxylic acids is 1. The predicted octanol–water partition coefficient (Wildman–Crippen LogP) is 1.45. The molecule has 0 aromatic carbocycles. The maximum absolute atomic E-state index is 11.1. The second-order valence-corrected chi connectivity index (χ2v) is 3.61. The Kier molecular flexibility index (Phi) is 3.24. The summed E-state index contributed by atoms with van der Waals surface area (Å²) in [6, 6.07) is 0. The minimum absolute atomic E-state index is 0.471. The summed E-state index contributed by atoms with van der Waals surface area (Å²) < 4.78 is 0. The monoisotopic (exact) mass is 209 g/mol. The van der Waals surface area contributed by atoms with E-state index in [0.717, 1.165) is 0 Å². The van der Waals surface area contributed by atoms with Gasteiger partial charge in [0.05, 0.1) is 5.69 Å². The summed E-state index contributed by atoms with van der Waals surface area (Å²) in [6.45, 7) is 5.23. The van der Waals surface area contributed by atoms with Gasteiger partial charge in [-0.1, -0.05) is 6.92 Å². The van der Waals surface area contributed by atoms with Gasteiger partial charge in [0.25, 0.3) is 0 Å². The molecular weight excluding hydrogens is 194 g/mol. The van der Waals surface area contributed by atoms with Crippen molar-refractivity contribution in [2.45, 2.75) is 32.7 Å². The first-order valence-electron chi connectivity index (χ1n) is 4.79. The van der Waals surface area contributed by atoms with Crippen molar-refractivity contribution >= 4 is 11.8 Å². The van der Waals surface area contributed by atoms with E-state index in [-0.39, 0.29) is 0 Å². The first kappa shape index (κ1) is 11.4. The molecule has 0 aliphatic heterocycles. The third-order valence-electron chi connectivity index (χ3n) is 2.45. The Hall–Kier alpha value is -1.65. The van der Waals surface area contributed by atoms with Gasteiger partial charge in [-0.05, 0) is 20.3 Å². The SMILES string of the molecule is CCC(C)(Nc1nccnc1C)C(=O)O. The second-order valence-electron chi connectivity index (χ2n) is 3.61. The van der Waals surface area contributed by atoms with E-state index in [1.54, 1.807) is 20.0 Å². The summed E-state index contributed by atoms with van der Waals surface area (Å²) in [5, 5.41) is 12.0. The molecule has 2 N–H and O–H groups in total. The van der Waals surface area contributed by atoms with Crippen LogP contribution in [0.4, 0.5) is 5.82 Å². The summed E-state index contributed by atoms with van der Waals surface area (Å²) >= 11 is 0. The fourth-order valence-electron chi connectivity index (χ4n) is 1.08. The van der Waals surface area contributed by atoms with Crippen LogP contribution in [-0.4, -0.2) is 26.6 Å². The highest BCUT2D eigenvalue weighted by molar-refractivity contribution is 5.81. The van der Waals surface area contributed by atoms with E-state index in [2.05, 4.69) is 15.3 Å². The van der Waals surface area contributed by atoms with Crippen LogP contribution in [-0.2, 0) is 4.79 Å². The molecule has 1 atom stereocenters. The lowest BCUT2D eigenvalue weighted by Crippen LogP contribution is -2.43. The summed E-state index contributed by atoms with van der Waals surface area (Å²) in [4.78, 5) is 19.2. The normalized spacial score (nSPS) is 14.3. The van der Waals surface area contributed by atoms with Gasteiger partial charge in [0, 0.05) is 12.4 Å². The van der Waals surface area contributed by atoms with Gasteiger partial charge in [-0.3, -0.25) is 4.98 Å². The van der Waals surface area contributed by atoms with Crippen LogP contribution in [0.2, 0.25) is 0 Å². The second kappa shape index (κ2) is 4.25. The van der Waals surface area contributed by atoms with E-state index in [0.29, 0.717) is 17.9 Å². The van der Waals surface area contributed by atoms with Gasteiger partial charge in [0.15, 0.2) is 0 Å². The number of aryl methyl sites for hydroxylation is 1. The average Bonchev–Trinajstić information content (AvgIpc) is 2.21. The van der Waals surface area contributed by atoms with Gasteiger partial charge < -0.3 is 10.4 Å². The van der Waals surface area contributed by atoms with Gasteiger partial charge in [-0.25, -0.2) is 9.78 Å². The number of carboxylic acid groups (broad SMARTS) is 1. The lowest BCUT2D eigenvalue weighted by atomic mass is 9.99. The number of aromatic nitrogens is 2. The predicted molar refractivity (Wildman–Crippen MR) is 56.7 cm³/mol. The quantitative estimate of drug-likeness (QED) is 0.785. The third-order valence-corrected chi connectivity index (χ3v) is 2.45. The molecule has 82 valence electrons. The van der Waals surface area contributed by atoms with Crippen LogP contribution in [0.5, 0.6) is 0 Å². The number of hydrogen-bond acceptors (Lipinski definition) is 4. The van der Waals surface area contributed by atoms with Crippen molar-refractivity contribution < 1.29 is 9.90 Å². The molecule has 15 heavy (non-hydrogen) atoms. The summed E-state index contributed by atoms with van der Waals surface area (Å²) in [6.07, 6.45) is 3.58. The first-order valence-corrected chi connectivity index (χ1v) is 4.79. The highest BCUT2D eigenvalue weighted by atomic mass is 16.4. The molecule has 1 aromatic heterocycles. The Morgan fingerprint density at radius 3 is 2.60 bits per heavy atom. The van der Waals surface area contributed by atoms with Crippen molar-refractivity contribution in [2.24, 2.45) is 0 Å². The molecule has 0 spiro atoms. The zero-order valence-electron chi connectivity index (χ0n) is 9.11. The van der Waals surface area contributed by atoms with Gasteiger partial charge in [0.1, 0.15) is 11.4 Å². The van der Waals surface area contributed by atoms with Crippen molar-refractivity contribution in [1.29, 1.82) is 0 Å². The number of nitrogens with zero attached hydrogens (tertiary/aromatic N) is 2. The summed E-state index contributed by atoms with van der Waals surface area (Å²) in [5.41, 5.74) is -0.306. The molecule has 0 fully saturated rings. The molecular formula is C10H15N3O2. The highest BCUT2D eigenvalue weighted by Crippen LogP contribution is 2.18. The van der Waals surface area contributed by atoms with Gasteiger partial charge in [-0.2, -0.15) is 0 Å². The fourth-order valence-corrected chi connectivity index (χ4v) is 1.08. The maximum Gasteiger partial charge on any atom is 0.329 e. The number of aliphatic carboxylic acids is 1. The molecule has 0 bridgehead atoms. The lowest BCUT2D eigenvalue weighted by molar-refractivity contribution is -0.141. The minimum atomic E-state index is -0.999. The minimum Gasteiger partial charge on any atom is -0.480 e. The Balaban J connectivity index is 2.94. The van der Waals surface area contributed by atoms with Crippen molar-refractivity contribution in [3.63, 3.8) is 0 Å². The zero-order chi connectivity index (χ0) is 11.5. The van der Waals surface area contributed by atoms with Crippen LogP contribution in [0.1, 0.15) is 26.0 Å². The van der Waals surface area contributed by atoms with E-state index in [1.165, 1.54) is 6.20 Å². The Labute approximate surface area is 88.6 Å². The van der Waals surface area contributed by atoms with Crippen molar-refractivity contribution in [3.05, 3.63) is 18.1 Å². The Morgan fingerprint density at radius 2 is 2.13 bits per heavy atom. The highest BCUT2D eigenvalue weighted by Gasteiger charge is 2.31. The van der Waals surface area contributed by atoms with Gasteiger partial charge in [-0.15, -0.1) is 0 Å². The zero-order valence-corrected chi connectivity index (χ0v) is 9.11. The standard InChI is InChI=1S/C10H15N3O2/c1-4-10(3,9(14)15)13-8-7(2)11-5-6-12-8/h5-6H,4H2,1-3H3,(H,12,13)(H,14,15). The molecule has 1 rings (SSSR count). The molecule has 5 heteroatoms. The van der Waals surface area contributed by atoms with Crippen LogP contribution in [0, 0.1) is 6.92 Å². The number of rotatable bonds is 4. The van der Waals surface area contributed by atoms with Gasteiger partial charge in [0.2, 0.25) is 0 Å². The average molecular weight is 209 g/mol. The largest absolute Gasteiger partial charge is 0.480 e. The fraction of sp³-hybridized carbons (Fsp3) is 0.500. The van der Waals surface area contributed by atoms with Crippen LogP contribution >= 0.6 is 0 Å². The van der Waals surface area contributed by atoms with Crippen molar-refractivity contribution in [2.75, 3.05) is 5.32 Å². The number of nitrogens with one attached hydrogen (secondary N) is 1. The molecule has 5 nitrogen and oxygen atoms in total. The Bertz CT molecular complexity index is 367. The summed E-state index contributed by atoms with van der Waals surface area (Å²) in [7, 11) is 0. The van der Waals surface area contributed by atoms with E-state index in [9.17, 15) is 4.79 Å². The smallest absolute Gasteiger partial charge is 0.329 e. The van der Waals surface area contributed by atoms with Crippen LogP contribution in [0.3, 0.4) is 0 Å². The first-order chi connectivity index (χ1) is 6.99. The maximum atomic E-state index is 11.1. The number of hydrogen-bond donors (Lipinski definition) is 2. The molecule has 0 amide bonds. The molecule has 1 aromatic rings. The molecule has 1 unspecified atom stereocenters. The van der Waals surface area contributed by atoms with E-state index < -0.39 is 11.5 Å². The van der Waals surface area contributed by atoms with Crippen molar-refractivity contribution in [3.8, 4) is 0 Å². The van der Waals surface area contributed by atoms with Crippen molar-refractivity contribution in [1.82, 2.24) is 9.97 Å². The molecule has 0 saturated carbocycles. The van der Waals surface area contributed by atoms with Crippen LogP contribution < -0.4 is 5.32 Å². The molecule has 0 radical (unpaired) electrons. The van der Waals surface area contributed by atoms with E-state index >= 15 is 0 Å². The van der Waals surface area contributed by atoms with Gasteiger partial charge >= 0.3 is 5.97 Å². The summed E-state index contributed by atoms with van der Waals surface area (Å²) in [5.74, 6) is -0.376. The number of anilines is 1. The lowest BCUT2D eigenvalue weighted by Gasteiger charge is -2.25. The van der Waals surface area contributed by atoms with Crippen LogP contribution in [0.25, 0.3) is 0 Å². The molecule has 0 saturated heterocycles. The van der Waals surface area contributed by atoms with Crippen LogP contribution in [0.15, 0.2) is 12.4 Å². The van der Waals surface area contributed by atoms with E-state index in [1.807, 2.05) is 6.92 Å². The topological polar surface area (TPSA) is 75.1 Å². The van der Waals surface area contributed by atoms with E-state index in [4.69, 9.17) is 5.11 Å². The molecule has 0 aliphatic carbocycles. The third kappa shape index (κ3) is 2.43.